The Morgan fingerprint density at radius 3 is 2.27 bits per heavy atom. The van der Waals surface area contributed by atoms with Gasteiger partial charge in [-0.1, -0.05) is 23.5 Å². The monoisotopic (exact) mass is 594 g/mol. The Kier molecular flexibility index (Phi) is 10.1. The summed E-state index contributed by atoms with van der Waals surface area (Å²) in [6.45, 7) is 7.73. The minimum atomic E-state index is -4.08. The number of aryl methyl sites for hydroxylation is 2. The minimum Gasteiger partial charge on any atom is -0.345 e. The van der Waals surface area contributed by atoms with Crippen molar-refractivity contribution in [3.8, 4) is 0 Å². The average molecular weight is 595 g/mol. The molecule has 2 unspecified atom stereocenters. The van der Waals surface area contributed by atoms with Gasteiger partial charge < -0.3 is 10.2 Å². The highest BCUT2D eigenvalue weighted by molar-refractivity contribution is 8.15. The largest absolute Gasteiger partial charge is 0.389 e. The zero-order valence-electron chi connectivity index (χ0n) is 24.9. The van der Waals surface area contributed by atoms with Gasteiger partial charge in [0.15, 0.2) is 0 Å². The van der Waals surface area contributed by atoms with Crippen molar-refractivity contribution in [2.24, 2.45) is 11.8 Å². The number of piperidine rings is 1. The molecular weight excluding hydrogens is 549 g/mol. The molecule has 2 N–H and O–H groups in total. The summed E-state index contributed by atoms with van der Waals surface area (Å²) in [5.41, 5.74) is 3.38. The van der Waals surface area contributed by atoms with Crippen LogP contribution in [0, 0.1) is 25.7 Å². The lowest BCUT2D eigenvalue weighted by Crippen LogP contribution is -2.55. The summed E-state index contributed by atoms with van der Waals surface area (Å²) in [6, 6.07) is 3.90. The fourth-order valence-electron chi connectivity index (χ4n) is 6.61. The summed E-state index contributed by atoms with van der Waals surface area (Å²) in [4.78, 5) is 27.2. The summed E-state index contributed by atoms with van der Waals surface area (Å²) < 4.78 is 40.3. The van der Waals surface area contributed by atoms with Crippen LogP contribution in [0.25, 0.3) is 6.08 Å². The first-order valence-electron chi connectivity index (χ1n) is 14.7. The van der Waals surface area contributed by atoms with E-state index in [4.69, 9.17) is 0 Å². The molecule has 6 nitrogen and oxygen atoms in total. The zero-order chi connectivity index (χ0) is 29.9. The van der Waals surface area contributed by atoms with Gasteiger partial charge in [-0.2, -0.15) is 13.2 Å². The van der Waals surface area contributed by atoms with Crippen LogP contribution < -0.4 is 10.6 Å². The van der Waals surface area contributed by atoms with Gasteiger partial charge in [0, 0.05) is 39.2 Å². The Morgan fingerprint density at radius 1 is 1.12 bits per heavy atom. The van der Waals surface area contributed by atoms with Crippen LogP contribution in [0.3, 0.4) is 0 Å². The first-order chi connectivity index (χ1) is 19.3. The number of nitrogens with zero attached hydrogens (tertiary/aromatic N) is 2. The Hall–Kier alpha value is -2.17. The molecule has 228 valence electrons. The molecule has 1 saturated carbocycles. The number of hydrogen-bond acceptors (Lipinski definition) is 4. The Morgan fingerprint density at radius 2 is 1.73 bits per heavy atom. The Balaban J connectivity index is 1.33. The van der Waals surface area contributed by atoms with Gasteiger partial charge in [-0.3, -0.25) is 19.2 Å². The molecule has 3 fully saturated rings. The number of rotatable bonds is 7. The van der Waals surface area contributed by atoms with Crippen LogP contribution in [0.1, 0.15) is 85.3 Å². The lowest BCUT2D eigenvalue weighted by molar-refractivity contribution is -0.138. The molecule has 3 aliphatic rings. The molecule has 2 amide bonds. The number of alkyl halides is 3. The van der Waals surface area contributed by atoms with E-state index in [1.54, 1.807) is 19.0 Å². The molecular formula is C31H45F3N4O2S. The van der Waals surface area contributed by atoms with E-state index in [0.29, 0.717) is 5.56 Å². The van der Waals surface area contributed by atoms with Crippen LogP contribution in [-0.4, -0.2) is 71.5 Å². The molecule has 4 rings (SSSR count). The second-order valence-corrected chi connectivity index (χ2v) is 14.1. The Bertz CT molecular complexity index is 1160. The van der Waals surface area contributed by atoms with Crippen LogP contribution in [0.2, 0.25) is 0 Å². The highest BCUT2D eigenvalue weighted by Gasteiger charge is 2.50. The quantitative estimate of drug-likeness (QED) is 0.380. The van der Waals surface area contributed by atoms with Gasteiger partial charge in [-0.05, 0) is 110 Å². The maximum atomic E-state index is 13.2. The molecule has 0 bridgehead atoms. The number of carbonyl (C=O) groups excluding carboxylic acids is 2. The van der Waals surface area contributed by atoms with E-state index in [1.807, 2.05) is 26.0 Å². The first kappa shape index (κ1) is 31.8. The van der Waals surface area contributed by atoms with E-state index in [2.05, 4.69) is 38.7 Å². The molecule has 1 spiro atoms. The second-order valence-electron chi connectivity index (χ2n) is 12.1. The van der Waals surface area contributed by atoms with Crippen LogP contribution in [0.5, 0.6) is 0 Å². The molecule has 2 saturated heterocycles. The fourth-order valence-corrected chi connectivity index (χ4v) is 8.12. The predicted molar refractivity (Wildman–Crippen MR) is 162 cm³/mol. The summed E-state index contributed by atoms with van der Waals surface area (Å²) in [5.74, 6) is 0.460. The van der Waals surface area contributed by atoms with Gasteiger partial charge >= 0.3 is 6.18 Å². The number of halogens is 3. The molecule has 2 atom stereocenters. The number of benzene rings is 1. The standard InChI is InChI=1S/C31H45F3N4O2S/c1-6-41(18-12-26-21(2)19-25(20-22(26)3)28(39)37(4)5)38-16-14-30(15-17-38)29(40)35-27(36-30)24-9-7-23(8-10-24)11-13-31(32,33)34/h6,12,18-20,23-24,27,36H,7-11,13-17H2,1-5H3,(H,35,40)/b18-12+. The average Bonchev–Trinajstić information content (AvgIpc) is 3.24. The van der Waals surface area contributed by atoms with E-state index in [-0.39, 0.29) is 46.9 Å². The first-order valence-corrected chi connectivity index (χ1v) is 16.1. The molecule has 1 aromatic rings. The molecule has 0 radical (unpaired) electrons. The number of hydrogen-bond donors (Lipinski definition) is 2. The molecule has 2 aliphatic heterocycles. The molecule has 1 aliphatic carbocycles. The van der Waals surface area contributed by atoms with Crippen molar-refractivity contribution in [3.05, 3.63) is 39.8 Å². The maximum Gasteiger partial charge on any atom is 0.389 e. The second kappa shape index (κ2) is 13.0. The SMILES string of the molecule is C/C=S(/C=C/c1c(C)cc(C(=O)N(C)C)cc1C)N1CCC2(CC1)NC(C1CCC(CCC(F)(F)F)CC1)NC2=O. The van der Waals surface area contributed by atoms with Crippen molar-refractivity contribution in [2.45, 2.75) is 90.0 Å². The number of amides is 2. The van der Waals surface area contributed by atoms with Crippen molar-refractivity contribution >= 4 is 33.9 Å². The fraction of sp³-hybridized carbons (Fsp3) is 0.645. The van der Waals surface area contributed by atoms with Crippen LogP contribution in [-0.2, 0) is 4.79 Å². The van der Waals surface area contributed by atoms with Crippen LogP contribution >= 0.6 is 10.7 Å². The highest BCUT2D eigenvalue weighted by Crippen LogP contribution is 2.39. The van der Waals surface area contributed by atoms with Gasteiger partial charge in [-0.25, -0.2) is 0 Å². The highest BCUT2D eigenvalue weighted by atomic mass is 32.2. The van der Waals surface area contributed by atoms with Crippen LogP contribution in [0.4, 0.5) is 13.2 Å². The number of nitrogens with one attached hydrogen (secondary N) is 2. The third kappa shape index (κ3) is 7.62. The van der Waals surface area contributed by atoms with Gasteiger partial charge in [0.2, 0.25) is 5.91 Å². The van der Waals surface area contributed by atoms with E-state index in [0.717, 1.165) is 68.3 Å². The van der Waals surface area contributed by atoms with Crippen molar-refractivity contribution < 1.29 is 22.8 Å². The molecule has 1 aromatic carbocycles. The van der Waals surface area contributed by atoms with E-state index >= 15 is 0 Å². The maximum absolute atomic E-state index is 13.2. The van der Waals surface area contributed by atoms with E-state index in [9.17, 15) is 22.8 Å². The van der Waals surface area contributed by atoms with Crippen molar-refractivity contribution in [2.75, 3.05) is 27.2 Å². The number of carbonyl (C=O) groups is 2. The molecule has 0 aromatic heterocycles. The summed E-state index contributed by atoms with van der Waals surface area (Å²) in [5, 5.41) is 11.3. The van der Waals surface area contributed by atoms with E-state index < -0.39 is 18.1 Å². The lowest BCUT2D eigenvalue weighted by Gasteiger charge is -2.39. The molecule has 10 heteroatoms. The van der Waals surface area contributed by atoms with Gasteiger partial charge in [0.1, 0.15) is 5.54 Å². The zero-order valence-corrected chi connectivity index (χ0v) is 25.8. The van der Waals surface area contributed by atoms with Crippen LogP contribution in [0.15, 0.2) is 17.5 Å². The lowest BCUT2D eigenvalue weighted by atomic mass is 9.78. The third-order valence-electron chi connectivity index (χ3n) is 9.09. The molecule has 41 heavy (non-hydrogen) atoms. The van der Waals surface area contributed by atoms with Gasteiger partial charge in [0.25, 0.3) is 5.91 Å². The van der Waals surface area contributed by atoms with Crippen molar-refractivity contribution in [3.63, 3.8) is 0 Å². The summed E-state index contributed by atoms with van der Waals surface area (Å²) >= 11 is 0. The summed E-state index contributed by atoms with van der Waals surface area (Å²) in [6.07, 6.45) is 2.24. The Labute approximate surface area is 245 Å². The third-order valence-corrected chi connectivity index (χ3v) is 10.9. The predicted octanol–water partition coefficient (Wildman–Crippen LogP) is 6.01. The van der Waals surface area contributed by atoms with E-state index in [1.165, 1.54) is 0 Å². The van der Waals surface area contributed by atoms with Crippen molar-refractivity contribution in [1.82, 2.24) is 19.8 Å². The topological polar surface area (TPSA) is 64.7 Å². The summed E-state index contributed by atoms with van der Waals surface area (Å²) in [7, 11) is 3.32. The smallest absolute Gasteiger partial charge is 0.345 e. The van der Waals surface area contributed by atoms with Gasteiger partial charge in [0.05, 0.1) is 6.17 Å². The van der Waals surface area contributed by atoms with Gasteiger partial charge in [-0.15, -0.1) is 0 Å². The normalized spacial score (nSPS) is 26.0. The minimum absolute atomic E-state index is 0.00367. The van der Waals surface area contributed by atoms with Crippen molar-refractivity contribution in [1.29, 1.82) is 0 Å². The molecule has 2 heterocycles.